The van der Waals surface area contributed by atoms with Crippen LogP contribution in [-0.2, 0) is 16.0 Å². The highest BCUT2D eigenvalue weighted by Crippen LogP contribution is 2.27. The standard InChI is InChI=1S/C24H28N4O2S/c1-16-5-4-6-20(13-16)28-12-11-27(15-17(28)2)23(30)10-8-19-7-9-21-22(14-19)31-24(26-21)25-18(3)29/h4-7,9,13-14,17H,8,10-12,15H2,1-3H3,(H,25,26,29). The van der Waals surface area contributed by atoms with Crippen LogP contribution in [0.4, 0.5) is 10.8 Å². The fourth-order valence-electron chi connectivity index (χ4n) is 4.11. The molecule has 0 spiro atoms. The molecule has 1 atom stereocenters. The second-order valence-corrected chi connectivity index (χ2v) is 9.25. The van der Waals surface area contributed by atoms with Crippen LogP contribution < -0.4 is 10.2 Å². The topological polar surface area (TPSA) is 65.5 Å². The van der Waals surface area contributed by atoms with Crippen LogP contribution in [0.3, 0.4) is 0 Å². The molecule has 0 radical (unpaired) electrons. The summed E-state index contributed by atoms with van der Waals surface area (Å²) >= 11 is 1.46. The van der Waals surface area contributed by atoms with E-state index in [1.165, 1.54) is 29.5 Å². The lowest BCUT2D eigenvalue weighted by Crippen LogP contribution is -2.53. The average molecular weight is 437 g/mol. The van der Waals surface area contributed by atoms with Gasteiger partial charge in [0.1, 0.15) is 0 Å². The minimum absolute atomic E-state index is 0.124. The molecule has 2 heterocycles. The van der Waals surface area contributed by atoms with Gasteiger partial charge in [-0.3, -0.25) is 9.59 Å². The number of rotatable bonds is 5. The van der Waals surface area contributed by atoms with Gasteiger partial charge in [0.15, 0.2) is 5.13 Å². The number of nitrogens with one attached hydrogen (secondary N) is 1. The molecular weight excluding hydrogens is 408 g/mol. The number of aromatic nitrogens is 1. The van der Waals surface area contributed by atoms with Gasteiger partial charge in [0.25, 0.3) is 0 Å². The zero-order valence-corrected chi connectivity index (χ0v) is 19.0. The predicted molar refractivity (Wildman–Crippen MR) is 127 cm³/mol. The van der Waals surface area contributed by atoms with Crippen molar-refractivity contribution in [1.29, 1.82) is 0 Å². The van der Waals surface area contributed by atoms with E-state index < -0.39 is 0 Å². The Balaban J connectivity index is 1.34. The Hall–Kier alpha value is -2.93. The number of fused-ring (bicyclic) bond motifs is 1. The van der Waals surface area contributed by atoms with Crippen LogP contribution in [0.5, 0.6) is 0 Å². The third-order valence-corrected chi connectivity index (χ3v) is 6.61. The lowest BCUT2D eigenvalue weighted by Gasteiger charge is -2.41. The molecule has 1 aromatic heterocycles. The van der Waals surface area contributed by atoms with E-state index in [0.29, 0.717) is 24.0 Å². The van der Waals surface area contributed by atoms with Gasteiger partial charge < -0.3 is 15.1 Å². The minimum Gasteiger partial charge on any atom is -0.365 e. The summed E-state index contributed by atoms with van der Waals surface area (Å²) in [5.74, 6) is 0.0840. The Morgan fingerprint density at radius 1 is 1.19 bits per heavy atom. The smallest absolute Gasteiger partial charge is 0.223 e. The van der Waals surface area contributed by atoms with E-state index in [1.54, 1.807) is 0 Å². The molecule has 1 aliphatic heterocycles. The Bertz CT molecular complexity index is 1110. The fourth-order valence-corrected chi connectivity index (χ4v) is 5.09. The van der Waals surface area contributed by atoms with Crippen LogP contribution in [0.1, 0.15) is 31.4 Å². The maximum absolute atomic E-state index is 12.9. The lowest BCUT2D eigenvalue weighted by molar-refractivity contribution is -0.131. The predicted octanol–water partition coefficient (Wildman–Crippen LogP) is 4.23. The Morgan fingerprint density at radius 2 is 2.03 bits per heavy atom. The summed E-state index contributed by atoms with van der Waals surface area (Å²) in [6.45, 7) is 8.13. The van der Waals surface area contributed by atoms with Crippen LogP contribution >= 0.6 is 11.3 Å². The maximum Gasteiger partial charge on any atom is 0.223 e. The highest BCUT2D eigenvalue weighted by Gasteiger charge is 2.26. The van der Waals surface area contributed by atoms with Gasteiger partial charge in [-0.1, -0.05) is 29.5 Å². The molecule has 0 aliphatic carbocycles. The van der Waals surface area contributed by atoms with Crippen LogP contribution in [-0.4, -0.2) is 47.4 Å². The van der Waals surface area contributed by atoms with E-state index in [-0.39, 0.29) is 11.8 Å². The largest absolute Gasteiger partial charge is 0.365 e. The number of anilines is 2. The number of thiazole rings is 1. The average Bonchev–Trinajstić information content (AvgIpc) is 3.12. The fraction of sp³-hybridized carbons (Fsp3) is 0.375. The Kier molecular flexibility index (Phi) is 6.23. The van der Waals surface area contributed by atoms with Crippen molar-refractivity contribution < 1.29 is 9.59 Å². The number of hydrogen-bond donors (Lipinski definition) is 1. The molecule has 7 heteroatoms. The Morgan fingerprint density at radius 3 is 2.77 bits per heavy atom. The molecule has 1 saturated heterocycles. The van der Waals surface area contributed by atoms with Crippen molar-refractivity contribution in [3.63, 3.8) is 0 Å². The zero-order valence-electron chi connectivity index (χ0n) is 18.2. The van der Waals surface area contributed by atoms with Gasteiger partial charge in [0, 0.05) is 44.7 Å². The Labute approximate surface area is 186 Å². The van der Waals surface area contributed by atoms with Crippen molar-refractivity contribution in [2.24, 2.45) is 0 Å². The normalized spacial score (nSPS) is 16.5. The van der Waals surface area contributed by atoms with Crippen LogP contribution in [0, 0.1) is 6.92 Å². The minimum atomic E-state index is -0.124. The SMILES string of the molecule is CC(=O)Nc1nc2ccc(CCC(=O)N3CCN(c4cccc(C)c4)C(C)C3)cc2s1. The van der Waals surface area contributed by atoms with E-state index in [2.05, 4.69) is 59.4 Å². The lowest BCUT2D eigenvalue weighted by atomic mass is 10.1. The van der Waals surface area contributed by atoms with Crippen molar-refractivity contribution in [2.45, 2.75) is 39.7 Å². The summed E-state index contributed by atoms with van der Waals surface area (Å²) in [5, 5.41) is 3.34. The second-order valence-electron chi connectivity index (χ2n) is 8.22. The first-order valence-corrected chi connectivity index (χ1v) is 11.5. The summed E-state index contributed by atoms with van der Waals surface area (Å²) in [7, 11) is 0. The molecule has 3 aromatic rings. The molecule has 1 aliphatic rings. The third-order valence-electron chi connectivity index (χ3n) is 5.68. The van der Waals surface area contributed by atoms with Crippen LogP contribution in [0.2, 0.25) is 0 Å². The van der Waals surface area contributed by atoms with Gasteiger partial charge in [0.2, 0.25) is 11.8 Å². The van der Waals surface area contributed by atoms with Gasteiger partial charge >= 0.3 is 0 Å². The van der Waals surface area contributed by atoms with Crippen molar-refractivity contribution in [3.05, 3.63) is 53.6 Å². The van der Waals surface area contributed by atoms with Gasteiger partial charge in [-0.2, -0.15) is 0 Å². The molecule has 162 valence electrons. The number of nitrogens with zero attached hydrogens (tertiary/aromatic N) is 3. The number of carbonyl (C=O) groups excluding carboxylic acids is 2. The molecule has 0 bridgehead atoms. The van der Waals surface area contributed by atoms with Gasteiger partial charge in [0.05, 0.1) is 10.2 Å². The molecule has 4 rings (SSSR count). The van der Waals surface area contributed by atoms with Gasteiger partial charge in [-0.25, -0.2) is 4.98 Å². The third kappa shape index (κ3) is 5.05. The van der Waals surface area contributed by atoms with E-state index >= 15 is 0 Å². The van der Waals surface area contributed by atoms with Gasteiger partial charge in [-0.05, 0) is 55.7 Å². The van der Waals surface area contributed by atoms with Crippen LogP contribution in [0.25, 0.3) is 10.2 Å². The summed E-state index contributed by atoms with van der Waals surface area (Å²) < 4.78 is 1.02. The molecule has 1 fully saturated rings. The maximum atomic E-state index is 12.9. The molecule has 0 saturated carbocycles. The first kappa shape index (κ1) is 21.3. The molecule has 1 N–H and O–H groups in total. The highest BCUT2D eigenvalue weighted by atomic mass is 32.1. The van der Waals surface area contributed by atoms with Crippen molar-refractivity contribution in [3.8, 4) is 0 Å². The van der Waals surface area contributed by atoms with Crippen molar-refractivity contribution in [1.82, 2.24) is 9.88 Å². The van der Waals surface area contributed by atoms with E-state index in [9.17, 15) is 9.59 Å². The number of hydrogen-bond acceptors (Lipinski definition) is 5. The molecule has 6 nitrogen and oxygen atoms in total. The summed E-state index contributed by atoms with van der Waals surface area (Å²) in [6.07, 6.45) is 1.20. The first-order valence-electron chi connectivity index (χ1n) is 10.7. The van der Waals surface area contributed by atoms with Crippen molar-refractivity contribution in [2.75, 3.05) is 29.9 Å². The number of aryl methyl sites for hydroxylation is 2. The summed E-state index contributed by atoms with van der Waals surface area (Å²) in [5.41, 5.74) is 4.47. The summed E-state index contributed by atoms with van der Waals surface area (Å²) in [4.78, 5) is 32.9. The quantitative estimate of drug-likeness (QED) is 0.650. The number of benzene rings is 2. The number of amides is 2. The second kappa shape index (κ2) is 9.06. The van der Waals surface area contributed by atoms with Crippen LogP contribution in [0.15, 0.2) is 42.5 Å². The monoisotopic (exact) mass is 436 g/mol. The van der Waals surface area contributed by atoms with E-state index in [0.717, 1.165) is 35.4 Å². The molecule has 2 amide bonds. The highest BCUT2D eigenvalue weighted by molar-refractivity contribution is 7.22. The zero-order chi connectivity index (χ0) is 22.0. The molecule has 1 unspecified atom stereocenters. The molecule has 31 heavy (non-hydrogen) atoms. The molecular formula is C24H28N4O2S. The summed E-state index contributed by atoms with van der Waals surface area (Å²) in [6, 6.07) is 14.9. The van der Waals surface area contributed by atoms with Crippen molar-refractivity contribution >= 4 is 44.2 Å². The first-order chi connectivity index (χ1) is 14.9. The molecule has 2 aromatic carbocycles. The number of carbonyl (C=O) groups is 2. The van der Waals surface area contributed by atoms with E-state index in [1.807, 2.05) is 17.0 Å². The van der Waals surface area contributed by atoms with Gasteiger partial charge in [-0.15, -0.1) is 0 Å². The number of piperazine rings is 1. The van der Waals surface area contributed by atoms with E-state index in [4.69, 9.17) is 0 Å².